The maximum absolute atomic E-state index is 8.49. The van der Waals surface area contributed by atoms with E-state index in [4.69, 9.17) is 41.8 Å². The Morgan fingerprint density at radius 1 is 0.826 bits per heavy atom. The van der Waals surface area contributed by atoms with Crippen molar-refractivity contribution in [3.8, 4) is 11.3 Å². The minimum Gasteiger partial charge on any atom is -0.222 e. The van der Waals surface area contributed by atoms with Gasteiger partial charge < -0.3 is 0 Å². The molecule has 0 spiro atoms. The molecular weight excluding hydrogens is 367 g/mol. The predicted molar refractivity (Wildman–Crippen MR) is 72.9 cm³/mol. The van der Waals surface area contributed by atoms with Gasteiger partial charge in [-0.15, -0.1) is 10.2 Å². The van der Waals surface area contributed by atoms with Crippen LogP contribution in [-0.4, -0.2) is 4.98 Å². The van der Waals surface area contributed by atoms with Crippen LogP contribution in [0.15, 0.2) is 54.9 Å². The van der Waals surface area contributed by atoms with E-state index < -0.39 is 10.2 Å². The highest BCUT2D eigenvalue weighted by atomic mass is 35.7. The molecule has 0 saturated heterocycles. The lowest BCUT2D eigenvalue weighted by molar-refractivity contribution is -2.00. The molecule has 0 unspecified atom stereocenters. The molecule has 0 aliphatic rings. The third-order valence-corrected chi connectivity index (χ3v) is 3.16. The summed E-state index contributed by atoms with van der Waals surface area (Å²) in [5.74, 6) is 0. The Morgan fingerprint density at radius 2 is 1.39 bits per heavy atom. The number of nitrogens with zero attached hydrogens (tertiary/aromatic N) is 2. The lowest BCUT2D eigenvalue weighted by Crippen LogP contribution is -2.68. The zero-order chi connectivity index (χ0) is 17.0. The Bertz CT molecular complexity index is 801. The fourth-order valence-corrected chi connectivity index (χ4v) is 2.08. The number of halogens is 3. The minimum atomic E-state index is -4.94. The van der Waals surface area contributed by atoms with Gasteiger partial charge in [0.25, 0.3) is 0 Å². The van der Waals surface area contributed by atoms with Crippen molar-refractivity contribution in [3.05, 3.63) is 64.9 Å². The van der Waals surface area contributed by atoms with Gasteiger partial charge in [0.15, 0.2) is 5.69 Å². The van der Waals surface area contributed by atoms with Gasteiger partial charge in [-0.1, -0.05) is 23.2 Å². The summed E-state index contributed by atoms with van der Waals surface area (Å²) < 4.78 is 35.9. The van der Waals surface area contributed by atoms with E-state index in [0.717, 1.165) is 21.9 Å². The van der Waals surface area contributed by atoms with E-state index >= 15 is 0 Å². The van der Waals surface area contributed by atoms with Crippen LogP contribution in [0, 0.1) is 10.2 Å². The molecule has 3 rings (SSSR count). The van der Waals surface area contributed by atoms with E-state index in [1.165, 1.54) is 0 Å². The molecule has 9 heteroatoms. The van der Waals surface area contributed by atoms with Gasteiger partial charge in [-0.25, -0.2) is 23.0 Å². The zero-order valence-electron chi connectivity index (χ0n) is 11.4. The molecule has 0 amide bonds. The molecule has 0 aliphatic heterocycles. The highest BCUT2D eigenvalue weighted by Gasteiger charge is 2.09. The number of hydrogen-bond donors (Lipinski definition) is 0. The smallest absolute Gasteiger partial charge is 0.222 e. The minimum absolute atomic E-state index is 0.688. The fraction of sp³-hybridized carbons (Fsp3) is 0. The summed E-state index contributed by atoms with van der Waals surface area (Å²) in [6.07, 6.45) is 3.77. The summed E-state index contributed by atoms with van der Waals surface area (Å²) in [5.41, 5.74) is 2.80. The molecular formula is C14H9Cl3N2O4. The molecule has 6 nitrogen and oxygen atoms in total. The molecule has 2 heterocycles. The van der Waals surface area contributed by atoms with Crippen LogP contribution in [0.4, 0.5) is 0 Å². The lowest BCUT2D eigenvalue weighted by Gasteiger charge is -2.17. The third kappa shape index (κ3) is 5.89. The van der Waals surface area contributed by atoms with E-state index in [-0.39, 0.29) is 0 Å². The molecule has 3 aromatic rings. The molecule has 0 atom stereocenters. The standard InChI is InChI=1S/C14H9Cl2N2.ClHO4/c15-11-3-1-10(2-4-11)13-7-8-18-9-12(16)5-6-14(18)17-13;2-1(3,4)5/h1-9H;(H,2,3,4,5)/q+1;/p-1. The molecule has 120 valence electrons. The van der Waals surface area contributed by atoms with Crippen molar-refractivity contribution in [2.45, 2.75) is 0 Å². The molecule has 23 heavy (non-hydrogen) atoms. The van der Waals surface area contributed by atoms with Gasteiger partial charge in [-0.3, -0.25) is 0 Å². The van der Waals surface area contributed by atoms with Gasteiger partial charge >= 0.3 is 5.65 Å². The maximum atomic E-state index is 8.49. The number of fused-ring (bicyclic) bond motifs is 1. The van der Waals surface area contributed by atoms with Crippen LogP contribution < -0.4 is 23.0 Å². The van der Waals surface area contributed by atoms with Crippen LogP contribution in [0.25, 0.3) is 16.9 Å². The monoisotopic (exact) mass is 374 g/mol. The highest BCUT2D eigenvalue weighted by molar-refractivity contribution is 6.30. The largest absolute Gasteiger partial charge is 0.328 e. The van der Waals surface area contributed by atoms with Crippen molar-refractivity contribution >= 4 is 28.8 Å². The molecule has 2 aromatic heterocycles. The molecule has 0 bridgehead atoms. The normalized spacial score (nSPS) is 11.0. The molecule has 0 fully saturated rings. The first kappa shape index (κ1) is 17.8. The van der Waals surface area contributed by atoms with Crippen LogP contribution in [0.5, 0.6) is 0 Å². The second-order valence-electron chi connectivity index (χ2n) is 4.31. The van der Waals surface area contributed by atoms with Crippen LogP contribution in [-0.2, 0) is 0 Å². The van der Waals surface area contributed by atoms with E-state index in [2.05, 4.69) is 4.98 Å². The van der Waals surface area contributed by atoms with Gasteiger partial charge in [-0.05, 0) is 35.3 Å². The molecule has 0 aliphatic carbocycles. The Morgan fingerprint density at radius 3 is 2.00 bits per heavy atom. The predicted octanol–water partition coefficient (Wildman–Crippen LogP) is -0.962. The number of benzene rings is 1. The molecule has 0 N–H and O–H groups in total. The summed E-state index contributed by atoms with van der Waals surface area (Å²) in [5, 5.41) is 1.41. The molecule has 0 saturated carbocycles. The van der Waals surface area contributed by atoms with E-state index in [9.17, 15) is 0 Å². The van der Waals surface area contributed by atoms with Gasteiger partial charge in [0.2, 0.25) is 0 Å². The summed E-state index contributed by atoms with van der Waals surface area (Å²) in [7, 11) is -4.94. The SMILES string of the molecule is Clc1ccc(-c2cc[n+]3cc(Cl)ccc3n2)cc1.[O-][Cl+3]([O-])([O-])[O-]. The lowest BCUT2D eigenvalue weighted by atomic mass is 10.1. The fourth-order valence-electron chi connectivity index (χ4n) is 1.79. The molecule has 1 aromatic carbocycles. The van der Waals surface area contributed by atoms with Crippen molar-refractivity contribution < 1.29 is 33.3 Å². The topological polar surface area (TPSA) is 109 Å². The first-order chi connectivity index (χ1) is 10.7. The number of pyridine rings is 1. The van der Waals surface area contributed by atoms with E-state index in [1.807, 2.05) is 59.3 Å². The Hall–Kier alpha value is -1.51. The summed E-state index contributed by atoms with van der Waals surface area (Å²) in [4.78, 5) is 4.58. The van der Waals surface area contributed by atoms with Crippen molar-refractivity contribution in [1.29, 1.82) is 0 Å². The van der Waals surface area contributed by atoms with Gasteiger partial charge in [-0.2, -0.15) is 0 Å². The zero-order valence-corrected chi connectivity index (χ0v) is 13.6. The van der Waals surface area contributed by atoms with E-state index in [1.54, 1.807) is 0 Å². The highest BCUT2D eigenvalue weighted by Crippen LogP contribution is 2.19. The number of hydrogen-bond acceptors (Lipinski definition) is 5. The second-order valence-corrected chi connectivity index (χ2v) is 5.94. The van der Waals surface area contributed by atoms with Gasteiger partial charge in [0, 0.05) is 22.7 Å². The number of aromatic nitrogens is 2. The van der Waals surface area contributed by atoms with Crippen LogP contribution >= 0.6 is 23.2 Å². The Kier molecular flexibility index (Phi) is 5.72. The van der Waals surface area contributed by atoms with Crippen LogP contribution in [0.1, 0.15) is 0 Å². The maximum Gasteiger partial charge on any atom is 0.328 e. The van der Waals surface area contributed by atoms with Gasteiger partial charge in [0.1, 0.15) is 12.4 Å². The average molecular weight is 376 g/mol. The summed E-state index contributed by atoms with van der Waals surface area (Å²) >= 11 is 11.8. The van der Waals surface area contributed by atoms with Crippen LogP contribution in [0.2, 0.25) is 10.0 Å². The first-order valence-electron chi connectivity index (χ1n) is 6.08. The quantitative estimate of drug-likeness (QED) is 0.509. The average Bonchev–Trinajstić information content (AvgIpc) is 2.46. The summed E-state index contributed by atoms with van der Waals surface area (Å²) in [6, 6.07) is 13.3. The van der Waals surface area contributed by atoms with E-state index in [0.29, 0.717) is 5.02 Å². The Balaban J connectivity index is 0.000000338. The number of rotatable bonds is 1. The van der Waals surface area contributed by atoms with Crippen molar-refractivity contribution in [2.24, 2.45) is 0 Å². The van der Waals surface area contributed by atoms with Crippen molar-refractivity contribution in [3.63, 3.8) is 0 Å². The van der Waals surface area contributed by atoms with Gasteiger partial charge in [0.05, 0.1) is 5.02 Å². The van der Waals surface area contributed by atoms with Crippen LogP contribution in [0.3, 0.4) is 0 Å². The molecule has 0 radical (unpaired) electrons. The third-order valence-electron chi connectivity index (χ3n) is 2.69. The second kappa shape index (κ2) is 7.37. The first-order valence-corrected chi connectivity index (χ1v) is 8.07. The van der Waals surface area contributed by atoms with Crippen molar-refractivity contribution in [2.75, 3.05) is 0 Å². The van der Waals surface area contributed by atoms with Crippen molar-refractivity contribution in [1.82, 2.24) is 4.98 Å². The summed E-state index contributed by atoms with van der Waals surface area (Å²) in [6.45, 7) is 0. The Labute approximate surface area is 143 Å².